The molecular formula is C22H32FN3O2S. The molecule has 160 valence electrons. The van der Waals surface area contributed by atoms with E-state index in [1.54, 1.807) is 6.92 Å². The lowest BCUT2D eigenvalue weighted by Gasteiger charge is -2.06. The van der Waals surface area contributed by atoms with Gasteiger partial charge in [-0.1, -0.05) is 76.6 Å². The SMILES string of the molecule is CC.CC.CC.Cc1ccc(-c2nnn(S(=O)(=O)c3ccc(F)cc3)c2C)cc1. The summed E-state index contributed by atoms with van der Waals surface area (Å²) in [7, 11) is -3.91. The highest BCUT2D eigenvalue weighted by Gasteiger charge is 2.23. The monoisotopic (exact) mass is 421 g/mol. The number of aryl methyl sites for hydroxylation is 1. The summed E-state index contributed by atoms with van der Waals surface area (Å²) in [5, 5.41) is 7.75. The molecule has 0 amide bonds. The van der Waals surface area contributed by atoms with E-state index < -0.39 is 15.8 Å². The summed E-state index contributed by atoms with van der Waals surface area (Å²) >= 11 is 0. The number of rotatable bonds is 3. The Morgan fingerprint density at radius 1 is 0.793 bits per heavy atom. The summed E-state index contributed by atoms with van der Waals surface area (Å²) in [5.74, 6) is -0.500. The van der Waals surface area contributed by atoms with E-state index in [1.165, 1.54) is 12.1 Å². The second-order valence-electron chi connectivity index (χ2n) is 5.19. The number of hydrogen-bond acceptors (Lipinski definition) is 4. The van der Waals surface area contributed by atoms with E-state index in [1.807, 2.05) is 72.7 Å². The molecule has 0 saturated carbocycles. The van der Waals surface area contributed by atoms with Crippen molar-refractivity contribution in [3.05, 3.63) is 65.6 Å². The molecule has 0 aliphatic heterocycles. The highest BCUT2D eigenvalue weighted by Crippen LogP contribution is 2.23. The van der Waals surface area contributed by atoms with Crippen LogP contribution in [0.2, 0.25) is 0 Å². The molecule has 0 fully saturated rings. The minimum absolute atomic E-state index is 0.0395. The molecule has 1 heterocycles. The van der Waals surface area contributed by atoms with Crippen molar-refractivity contribution in [2.75, 3.05) is 0 Å². The first-order chi connectivity index (χ1) is 13.9. The maximum Gasteiger partial charge on any atom is 0.284 e. The molecule has 0 N–H and O–H groups in total. The Labute approximate surface area is 174 Å². The molecule has 0 saturated heterocycles. The quantitative estimate of drug-likeness (QED) is 0.519. The molecule has 0 spiro atoms. The highest BCUT2D eigenvalue weighted by molar-refractivity contribution is 7.89. The van der Waals surface area contributed by atoms with Crippen LogP contribution < -0.4 is 0 Å². The van der Waals surface area contributed by atoms with Crippen LogP contribution in [0.3, 0.4) is 0 Å². The number of halogens is 1. The lowest BCUT2D eigenvalue weighted by molar-refractivity contribution is 0.574. The molecule has 3 rings (SSSR count). The Balaban J connectivity index is 0.00000120. The first kappa shape index (κ1) is 26.5. The Hall–Kier alpha value is -2.54. The molecule has 0 radical (unpaired) electrons. The molecule has 2 aromatic carbocycles. The van der Waals surface area contributed by atoms with Crippen LogP contribution in [0.4, 0.5) is 4.39 Å². The fraction of sp³-hybridized carbons (Fsp3) is 0.364. The fourth-order valence-corrected chi connectivity index (χ4v) is 3.49. The second kappa shape index (κ2) is 12.8. The highest BCUT2D eigenvalue weighted by atomic mass is 32.2. The van der Waals surface area contributed by atoms with E-state index in [4.69, 9.17) is 0 Å². The van der Waals surface area contributed by atoms with E-state index in [0.717, 1.165) is 27.3 Å². The normalized spacial score (nSPS) is 9.83. The lowest BCUT2D eigenvalue weighted by Crippen LogP contribution is -2.16. The number of hydrogen-bond donors (Lipinski definition) is 0. The van der Waals surface area contributed by atoms with Gasteiger partial charge in [-0.15, -0.1) is 9.19 Å². The Kier molecular flexibility index (Phi) is 11.7. The van der Waals surface area contributed by atoms with Gasteiger partial charge >= 0.3 is 0 Å². The fourth-order valence-electron chi connectivity index (χ4n) is 2.23. The van der Waals surface area contributed by atoms with Gasteiger partial charge < -0.3 is 0 Å². The molecule has 29 heavy (non-hydrogen) atoms. The van der Waals surface area contributed by atoms with E-state index in [2.05, 4.69) is 10.3 Å². The topological polar surface area (TPSA) is 64.8 Å². The first-order valence-electron chi connectivity index (χ1n) is 9.90. The van der Waals surface area contributed by atoms with Crippen LogP contribution in [-0.2, 0) is 10.0 Å². The average Bonchev–Trinajstić information content (AvgIpc) is 3.15. The van der Waals surface area contributed by atoms with Crippen molar-refractivity contribution in [3.63, 3.8) is 0 Å². The van der Waals surface area contributed by atoms with Crippen molar-refractivity contribution in [3.8, 4) is 11.3 Å². The summed E-state index contributed by atoms with van der Waals surface area (Å²) in [5.41, 5.74) is 2.78. The van der Waals surface area contributed by atoms with Gasteiger partial charge in [-0.2, -0.15) is 8.42 Å². The Morgan fingerprint density at radius 3 is 1.76 bits per heavy atom. The third-order valence-electron chi connectivity index (χ3n) is 3.52. The van der Waals surface area contributed by atoms with Gasteiger partial charge in [0, 0.05) is 5.56 Å². The summed E-state index contributed by atoms with van der Waals surface area (Å²) in [6.07, 6.45) is 0. The third kappa shape index (κ3) is 6.49. The zero-order valence-corrected chi connectivity index (χ0v) is 19.4. The zero-order chi connectivity index (χ0) is 22.6. The van der Waals surface area contributed by atoms with Gasteiger partial charge in [0.2, 0.25) is 0 Å². The third-order valence-corrected chi connectivity index (χ3v) is 5.19. The molecule has 3 aromatic rings. The summed E-state index contributed by atoms with van der Waals surface area (Å²) in [6.45, 7) is 15.6. The Bertz CT molecular complexity index is 949. The lowest BCUT2D eigenvalue weighted by atomic mass is 10.1. The molecule has 0 atom stereocenters. The van der Waals surface area contributed by atoms with E-state index >= 15 is 0 Å². The molecule has 0 bridgehead atoms. The van der Waals surface area contributed by atoms with Crippen LogP contribution in [0.15, 0.2) is 53.4 Å². The van der Waals surface area contributed by atoms with Gasteiger partial charge in [0.25, 0.3) is 10.0 Å². The second-order valence-corrected chi connectivity index (χ2v) is 6.96. The predicted octanol–water partition coefficient (Wildman–Crippen LogP) is 6.02. The molecule has 0 aliphatic carbocycles. The van der Waals surface area contributed by atoms with Crippen LogP contribution in [0.1, 0.15) is 52.8 Å². The average molecular weight is 422 g/mol. The van der Waals surface area contributed by atoms with Gasteiger partial charge in [-0.05, 0) is 38.1 Å². The molecule has 1 aromatic heterocycles. The van der Waals surface area contributed by atoms with Crippen molar-refractivity contribution < 1.29 is 12.8 Å². The molecule has 0 unspecified atom stereocenters. The van der Waals surface area contributed by atoms with Crippen LogP contribution in [0, 0.1) is 19.7 Å². The van der Waals surface area contributed by atoms with Gasteiger partial charge in [-0.25, -0.2) is 4.39 Å². The zero-order valence-electron chi connectivity index (χ0n) is 18.6. The van der Waals surface area contributed by atoms with Crippen LogP contribution in [0.5, 0.6) is 0 Å². The first-order valence-corrected chi connectivity index (χ1v) is 11.3. The number of aromatic nitrogens is 3. The van der Waals surface area contributed by atoms with Crippen molar-refractivity contribution in [2.45, 2.75) is 60.3 Å². The summed E-state index contributed by atoms with van der Waals surface area (Å²) < 4.78 is 39.1. The maximum atomic E-state index is 13.0. The smallest absolute Gasteiger partial charge is 0.207 e. The van der Waals surface area contributed by atoms with Crippen molar-refractivity contribution in [1.82, 2.24) is 14.4 Å². The van der Waals surface area contributed by atoms with E-state index in [-0.39, 0.29) is 4.90 Å². The minimum atomic E-state index is -3.91. The molecule has 7 heteroatoms. The largest absolute Gasteiger partial charge is 0.284 e. The summed E-state index contributed by atoms with van der Waals surface area (Å²) in [4.78, 5) is -0.0395. The molecular weight excluding hydrogens is 389 g/mol. The van der Waals surface area contributed by atoms with Crippen molar-refractivity contribution in [2.24, 2.45) is 0 Å². The standard InChI is InChI=1S/C16H14FN3O2S.3C2H6/c1-11-3-5-13(6-4-11)16-12(2)20(19-18-16)23(21,22)15-9-7-14(17)8-10-15;3*1-2/h3-10H,1-2H3;3*1-2H3. The number of benzene rings is 2. The summed E-state index contributed by atoms with van der Waals surface area (Å²) in [6, 6.07) is 12.2. The predicted molar refractivity (Wildman–Crippen MR) is 118 cm³/mol. The van der Waals surface area contributed by atoms with Gasteiger partial charge in [-0.3, -0.25) is 0 Å². The van der Waals surface area contributed by atoms with Crippen LogP contribution in [0.25, 0.3) is 11.3 Å². The van der Waals surface area contributed by atoms with Gasteiger partial charge in [0.15, 0.2) is 0 Å². The minimum Gasteiger partial charge on any atom is -0.207 e. The number of nitrogens with zero attached hydrogens (tertiary/aromatic N) is 3. The maximum absolute atomic E-state index is 13.0. The van der Waals surface area contributed by atoms with Gasteiger partial charge in [0.05, 0.1) is 10.6 Å². The van der Waals surface area contributed by atoms with Crippen LogP contribution >= 0.6 is 0 Å². The van der Waals surface area contributed by atoms with Gasteiger partial charge in [0.1, 0.15) is 11.5 Å². The Morgan fingerprint density at radius 2 is 1.28 bits per heavy atom. The van der Waals surface area contributed by atoms with Crippen molar-refractivity contribution >= 4 is 10.0 Å². The molecule has 0 aliphatic rings. The van der Waals surface area contributed by atoms with Crippen molar-refractivity contribution in [1.29, 1.82) is 0 Å². The molecule has 5 nitrogen and oxygen atoms in total. The van der Waals surface area contributed by atoms with Crippen LogP contribution in [-0.4, -0.2) is 22.8 Å². The van der Waals surface area contributed by atoms with E-state index in [9.17, 15) is 12.8 Å². The van der Waals surface area contributed by atoms with E-state index in [0.29, 0.717) is 11.4 Å².